The van der Waals surface area contributed by atoms with Gasteiger partial charge in [0.05, 0.1) is 24.4 Å². The highest BCUT2D eigenvalue weighted by atomic mass is 31.2. The van der Waals surface area contributed by atoms with Crippen LogP contribution in [0.1, 0.15) is 31.1 Å². The predicted molar refractivity (Wildman–Crippen MR) is 87.6 cm³/mol. The number of anilines is 1. The predicted octanol–water partition coefficient (Wildman–Crippen LogP) is -1.22. The average molecular weight is 373 g/mol. The highest BCUT2D eigenvalue weighted by Crippen LogP contribution is 2.35. The lowest BCUT2D eigenvalue weighted by Gasteiger charge is -2.15. The Morgan fingerprint density at radius 2 is 2.20 bits per heavy atom. The third-order valence-corrected chi connectivity index (χ3v) is 4.55. The lowest BCUT2D eigenvalue weighted by Crippen LogP contribution is -2.28. The Bertz CT molecular complexity index is 779. The lowest BCUT2D eigenvalue weighted by molar-refractivity contribution is -0.0458. The van der Waals surface area contributed by atoms with E-state index < -0.39 is 31.7 Å². The van der Waals surface area contributed by atoms with Gasteiger partial charge in [0, 0.05) is 19.0 Å². The van der Waals surface area contributed by atoms with Gasteiger partial charge < -0.3 is 30.5 Å². The number of nitrogen functional groups attached to an aromatic ring is 1. The third-order valence-electron chi connectivity index (χ3n) is 3.65. The van der Waals surface area contributed by atoms with Gasteiger partial charge in [-0.15, -0.1) is 0 Å². The molecule has 25 heavy (non-hydrogen) atoms. The van der Waals surface area contributed by atoms with Crippen LogP contribution in [0.2, 0.25) is 0 Å². The van der Waals surface area contributed by atoms with Crippen molar-refractivity contribution in [3.05, 3.63) is 22.2 Å². The summed E-state index contributed by atoms with van der Waals surface area (Å²) < 4.78 is 17.3. The number of nitrogens with zero attached hydrogens (tertiary/aromatic N) is 2. The molecule has 0 amide bonds. The Kier molecular flexibility index (Phi) is 6.35. The van der Waals surface area contributed by atoms with Gasteiger partial charge in [-0.05, 0) is 6.42 Å². The number of ether oxygens (including phenoxy) is 1. The Morgan fingerprint density at radius 1 is 1.48 bits per heavy atom. The molecule has 3 unspecified atom stereocenters. The van der Waals surface area contributed by atoms with Crippen LogP contribution in [0.4, 0.5) is 5.82 Å². The molecule has 138 valence electrons. The van der Waals surface area contributed by atoms with E-state index in [2.05, 4.69) is 16.8 Å². The van der Waals surface area contributed by atoms with Crippen LogP contribution in [0, 0.1) is 11.8 Å². The summed E-state index contributed by atoms with van der Waals surface area (Å²) in [6.45, 7) is -0.374. The van der Waals surface area contributed by atoms with Crippen molar-refractivity contribution in [3.8, 4) is 11.8 Å². The molecule has 0 radical (unpaired) electrons. The monoisotopic (exact) mass is 373 g/mol. The van der Waals surface area contributed by atoms with Gasteiger partial charge >= 0.3 is 13.3 Å². The van der Waals surface area contributed by atoms with Gasteiger partial charge in [0.1, 0.15) is 18.1 Å². The molecular weight excluding hydrogens is 353 g/mol. The largest absolute Gasteiger partial charge is 0.394 e. The summed E-state index contributed by atoms with van der Waals surface area (Å²) in [5.41, 5.74) is 5.27. The minimum absolute atomic E-state index is 0.0685. The van der Waals surface area contributed by atoms with Crippen molar-refractivity contribution in [1.82, 2.24) is 9.55 Å². The number of rotatable bonds is 5. The number of aromatic nitrogens is 2. The van der Waals surface area contributed by atoms with E-state index in [4.69, 9.17) is 25.4 Å². The van der Waals surface area contributed by atoms with Crippen LogP contribution >= 0.6 is 7.60 Å². The molecule has 11 heteroatoms. The maximum Gasteiger partial charge on any atom is 0.351 e. The Labute approximate surface area is 143 Å². The van der Waals surface area contributed by atoms with E-state index in [1.165, 1.54) is 6.20 Å². The molecule has 10 nitrogen and oxygen atoms in total. The summed E-state index contributed by atoms with van der Waals surface area (Å²) in [5.74, 6) is 5.36. The number of nitrogens with two attached hydrogens (primary N) is 1. The molecule has 0 spiro atoms. The highest BCUT2D eigenvalue weighted by Gasteiger charge is 2.35. The van der Waals surface area contributed by atoms with E-state index >= 15 is 0 Å². The van der Waals surface area contributed by atoms with Crippen molar-refractivity contribution in [2.24, 2.45) is 0 Å². The van der Waals surface area contributed by atoms with E-state index in [1.54, 1.807) is 0 Å². The molecule has 3 atom stereocenters. The Hall–Kier alpha value is -1.73. The molecule has 1 fully saturated rings. The van der Waals surface area contributed by atoms with E-state index in [9.17, 15) is 14.5 Å². The summed E-state index contributed by atoms with van der Waals surface area (Å²) in [7, 11) is -4.04. The van der Waals surface area contributed by atoms with E-state index in [0.717, 1.165) is 4.57 Å². The number of unbranched alkanes of at least 4 members (excludes halogenated alkanes) is 1. The maximum atomic E-state index is 12.0. The molecule has 0 saturated carbocycles. The molecule has 1 aromatic rings. The summed E-state index contributed by atoms with van der Waals surface area (Å²) in [6.07, 6.45) is -0.786. The summed E-state index contributed by atoms with van der Waals surface area (Å²) >= 11 is 0. The van der Waals surface area contributed by atoms with Crippen molar-refractivity contribution < 1.29 is 29.3 Å². The van der Waals surface area contributed by atoms with Crippen LogP contribution in [0.15, 0.2) is 11.0 Å². The molecule has 6 N–H and O–H groups in total. The number of aliphatic hydroxyl groups is 2. The van der Waals surface area contributed by atoms with E-state index in [0.29, 0.717) is 0 Å². The number of aliphatic hydroxyl groups excluding tert-OH is 2. The zero-order valence-electron chi connectivity index (χ0n) is 13.3. The van der Waals surface area contributed by atoms with E-state index in [-0.39, 0.29) is 43.4 Å². The summed E-state index contributed by atoms with van der Waals surface area (Å²) in [6, 6.07) is 0. The fourth-order valence-corrected chi connectivity index (χ4v) is 2.94. The minimum atomic E-state index is -4.04. The van der Waals surface area contributed by atoms with Gasteiger partial charge in [-0.1, -0.05) is 11.8 Å². The minimum Gasteiger partial charge on any atom is -0.394 e. The van der Waals surface area contributed by atoms with Gasteiger partial charge in [-0.25, -0.2) is 4.79 Å². The fraction of sp³-hybridized carbons (Fsp3) is 0.571. The van der Waals surface area contributed by atoms with Crippen LogP contribution in [-0.4, -0.2) is 54.5 Å². The summed E-state index contributed by atoms with van der Waals surface area (Å²) in [5, 5.41) is 18.9. The first-order valence-corrected chi connectivity index (χ1v) is 9.37. The second kappa shape index (κ2) is 8.10. The zero-order chi connectivity index (χ0) is 18.6. The normalized spacial score (nSPS) is 23.3. The van der Waals surface area contributed by atoms with Crippen molar-refractivity contribution >= 4 is 13.4 Å². The van der Waals surface area contributed by atoms with Gasteiger partial charge in [0.25, 0.3) is 0 Å². The van der Waals surface area contributed by atoms with Gasteiger partial charge in [-0.2, -0.15) is 4.98 Å². The highest BCUT2D eigenvalue weighted by molar-refractivity contribution is 7.51. The third kappa shape index (κ3) is 5.37. The Balaban J connectivity index is 2.13. The molecule has 1 saturated heterocycles. The second-order valence-corrected chi connectivity index (χ2v) is 7.41. The molecule has 2 rings (SSSR count). The first-order chi connectivity index (χ1) is 11.7. The summed E-state index contributed by atoms with van der Waals surface area (Å²) in [4.78, 5) is 33.2. The van der Waals surface area contributed by atoms with Crippen molar-refractivity contribution in [1.29, 1.82) is 0 Å². The number of hydrogen-bond donors (Lipinski definition) is 5. The standard InChI is InChI=1S/C14H20N3O7P/c15-13-9(4-2-1-3-5-25(21,22)23)7-17(14(20)16-13)12-6-10(19)11(8-18)24-12/h7,10-12,18-19H,1,3,5-6,8H2,(H2,15,16,20)(H2,21,22,23). The molecule has 0 aliphatic carbocycles. The molecule has 2 heterocycles. The molecular formula is C14H20N3O7P. The van der Waals surface area contributed by atoms with E-state index in [1.807, 2.05) is 0 Å². The Morgan fingerprint density at radius 3 is 2.80 bits per heavy atom. The quantitative estimate of drug-likeness (QED) is 0.241. The van der Waals surface area contributed by atoms with Gasteiger partial charge in [-0.3, -0.25) is 9.13 Å². The molecule has 1 aromatic heterocycles. The maximum absolute atomic E-state index is 12.0. The van der Waals surface area contributed by atoms with Gasteiger partial charge in [0.15, 0.2) is 0 Å². The van der Waals surface area contributed by atoms with Crippen molar-refractivity contribution in [2.45, 2.75) is 37.7 Å². The first kappa shape index (κ1) is 19.6. The number of hydrogen-bond acceptors (Lipinski definition) is 7. The van der Waals surface area contributed by atoms with Crippen LogP contribution < -0.4 is 11.4 Å². The first-order valence-electron chi connectivity index (χ1n) is 7.57. The molecule has 0 bridgehead atoms. The van der Waals surface area contributed by atoms with Crippen molar-refractivity contribution in [3.63, 3.8) is 0 Å². The van der Waals surface area contributed by atoms with Gasteiger partial charge in [0.2, 0.25) is 0 Å². The topological polar surface area (TPSA) is 168 Å². The second-order valence-electron chi connectivity index (χ2n) is 5.64. The van der Waals surface area contributed by atoms with Crippen LogP contribution in [0.5, 0.6) is 0 Å². The lowest BCUT2D eigenvalue weighted by atomic mass is 10.2. The zero-order valence-corrected chi connectivity index (χ0v) is 14.2. The van der Waals surface area contributed by atoms with Crippen LogP contribution in [0.3, 0.4) is 0 Å². The van der Waals surface area contributed by atoms with Crippen LogP contribution in [0.25, 0.3) is 0 Å². The van der Waals surface area contributed by atoms with Crippen molar-refractivity contribution in [2.75, 3.05) is 18.5 Å². The average Bonchev–Trinajstić information content (AvgIpc) is 2.88. The molecule has 1 aliphatic heterocycles. The fourth-order valence-electron chi connectivity index (χ4n) is 2.37. The molecule has 1 aliphatic rings. The SMILES string of the molecule is Nc1nc(=O)n(C2CC(O)C(CO)O2)cc1C#CCCCP(=O)(O)O. The van der Waals surface area contributed by atoms with Crippen LogP contribution in [-0.2, 0) is 9.30 Å². The smallest absolute Gasteiger partial charge is 0.351 e. The molecule has 0 aromatic carbocycles.